The number of carbonyl (C=O) groups excluding carboxylic acids is 2. The number of rotatable bonds is 3. The second kappa shape index (κ2) is 5.92. The lowest BCUT2D eigenvalue weighted by Crippen LogP contribution is -2.42. The molecule has 0 aromatic heterocycles. The Bertz CT molecular complexity index is 492. The van der Waals surface area contributed by atoms with E-state index in [4.69, 9.17) is 5.73 Å². The highest BCUT2D eigenvalue weighted by molar-refractivity contribution is 5.95. The average Bonchev–Trinajstić information content (AvgIpc) is 2.41. The van der Waals surface area contributed by atoms with Gasteiger partial charge in [0.15, 0.2) is 0 Å². The molecule has 1 aromatic carbocycles. The minimum Gasteiger partial charge on any atom is -0.351 e. The zero-order chi connectivity index (χ0) is 14.6. The summed E-state index contributed by atoms with van der Waals surface area (Å²) in [4.78, 5) is 23.0. The molecule has 108 valence electrons. The van der Waals surface area contributed by atoms with Crippen LogP contribution in [0.4, 0.5) is 16.2 Å². The fourth-order valence-electron chi connectivity index (χ4n) is 2.27. The van der Waals surface area contributed by atoms with E-state index < -0.39 is 6.03 Å². The molecule has 20 heavy (non-hydrogen) atoms. The number of urea groups is 1. The molecule has 2 rings (SSSR count). The monoisotopic (exact) mass is 276 g/mol. The van der Waals surface area contributed by atoms with Gasteiger partial charge >= 0.3 is 6.03 Å². The van der Waals surface area contributed by atoms with E-state index in [1.807, 2.05) is 6.92 Å². The van der Waals surface area contributed by atoms with Gasteiger partial charge in [0, 0.05) is 16.8 Å². The van der Waals surface area contributed by atoms with E-state index in [1.54, 1.807) is 24.3 Å². The summed E-state index contributed by atoms with van der Waals surface area (Å²) < 4.78 is 0. The van der Waals surface area contributed by atoms with Gasteiger partial charge < -0.3 is 21.7 Å². The van der Waals surface area contributed by atoms with Gasteiger partial charge in [-0.3, -0.25) is 4.79 Å². The van der Waals surface area contributed by atoms with E-state index in [9.17, 15) is 9.59 Å². The molecule has 0 unspecified atom stereocenters. The van der Waals surface area contributed by atoms with Gasteiger partial charge in [-0.2, -0.15) is 0 Å². The van der Waals surface area contributed by atoms with Crippen molar-refractivity contribution in [3.05, 3.63) is 24.3 Å². The molecule has 1 fully saturated rings. The molecule has 0 aliphatic carbocycles. The molecule has 1 aliphatic heterocycles. The fraction of sp³-hybridized carbons (Fsp3) is 0.429. The number of benzene rings is 1. The second-order valence-corrected chi connectivity index (χ2v) is 5.33. The Labute approximate surface area is 118 Å². The zero-order valence-electron chi connectivity index (χ0n) is 11.5. The summed E-state index contributed by atoms with van der Waals surface area (Å²) in [5.41, 5.74) is 6.02. The predicted octanol–water partition coefficient (Wildman–Crippen LogP) is 1.51. The van der Waals surface area contributed by atoms with Crippen LogP contribution in [0.3, 0.4) is 0 Å². The SMILES string of the molecule is CC1(C(=O)Nc2ccc(NC(N)=O)cc2)CCNCC1. The summed E-state index contributed by atoms with van der Waals surface area (Å²) in [5.74, 6) is 0.0367. The number of carbonyl (C=O) groups is 2. The van der Waals surface area contributed by atoms with E-state index in [0.717, 1.165) is 25.9 Å². The van der Waals surface area contributed by atoms with Gasteiger partial charge in [0.05, 0.1) is 0 Å². The first-order valence-electron chi connectivity index (χ1n) is 6.68. The van der Waals surface area contributed by atoms with Crippen LogP contribution in [0.5, 0.6) is 0 Å². The van der Waals surface area contributed by atoms with Crippen LogP contribution in [0.15, 0.2) is 24.3 Å². The lowest BCUT2D eigenvalue weighted by atomic mass is 9.80. The number of nitrogens with two attached hydrogens (primary N) is 1. The summed E-state index contributed by atoms with van der Waals surface area (Å²) in [6, 6.07) is 6.28. The summed E-state index contributed by atoms with van der Waals surface area (Å²) in [6.07, 6.45) is 1.67. The quantitative estimate of drug-likeness (QED) is 0.673. The van der Waals surface area contributed by atoms with Crippen LogP contribution in [0, 0.1) is 5.41 Å². The molecule has 1 aromatic rings. The molecular weight excluding hydrogens is 256 g/mol. The molecule has 1 aliphatic rings. The highest BCUT2D eigenvalue weighted by atomic mass is 16.2. The third-order valence-corrected chi connectivity index (χ3v) is 3.67. The van der Waals surface area contributed by atoms with Crippen molar-refractivity contribution in [2.45, 2.75) is 19.8 Å². The maximum absolute atomic E-state index is 12.3. The Morgan fingerprint density at radius 2 is 1.60 bits per heavy atom. The fourth-order valence-corrected chi connectivity index (χ4v) is 2.27. The first kappa shape index (κ1) is 14.3. The van der Waals surface area contributed by atoms with Crippen LogP contribution < -0.4 is 21.7 Å². The Morgan fingerprint density at radius 3 is 2.10 bits per heavy atom. The first-order valence-corrected chi connectivity index (χ1v) is 6.68. The second-order valence-electron chi connectivity index (χ2n) is 5.33. The zero-order valence-corrected chi connectivity index (χ0v) is 11.5. The summed E-state index contributed by atoms with van der Waals surface area (Å²) in [6.45, 7) is 3.73. The molecule has 0 atom stereocenters. The van der Waals surface area contributed by atoms with Gasteiger partial charge in [-0.15, -0.1) is 0 Å². The Morgan fingerprint density at radius 1 is 1.10 bits per heavy atom. The van der Waals surface area contributed by atoms with Crippen molar-refractivity contribution in [2.75, 3.05) is 23.7 Å². The van der Waals surface area contributed by atoms with E-state index in [1.165, 1.54) is 0 Å². The Balaban J connectivity index is 1.98. The number of anilines is 2. The molecule has 6 heteroatoms. The van der Waals surface area contributed by atoms with Crippen molar-refractivity contribution < 1.29 is 9.59 Å². The maximum atomic E-state index is 12.3. The Kier molecular flexibility index (Phi) is 4.24. The van der Waals surface area contributed by atoms with Crippen LogP contribution >= 0.6 is 0 Å². The highest BCUT2D eigenvalue weighted by Gasteiger charge is 2.34. The lowest BCUT2D eigenvalue weighted by molar-refractivity contribution is -0.126. The van der Waals surface area contributed by atoms with Gasteiger partial charge in [0.25, 0.3) is 0 Å². The molecule has 5 N–H and O–H groups in total. The number of amides is 3. The van der Waals surface area contributed by atoms with Gasteiger partial charge in [-0.05, 0) is 50.2 Å². The summed E-state index contributed by atoms with van der Waals surface area (Å²) >= 11 is 0. The third kappa shape index (κ3) is 3.48. The van der Waals surface area contributed by atoms with Gasteiger partial charge in [0.2, 0.25) is 5.91 Å². The van der Waals surface area contributed by atoms with Crippen LogP contribution in [0.25, 0.3) is 0 Å². The van der Waals surface area contributed by atoms with Gasteiger partial charge in [-0.25, -0.2) is 4.79 Å². The topological polar surface area (TPSA) is 96.2 Å². The van der Waals surface area contributed by atoms with E-state index in [0.29, 0.717) is 11.4 Å². The molecule has 0 saturated carbocycles. The van der Waals surface area contributed by atoms with Crippen LogP contribution in [-0.2, 0) is 4.79 Å². The van der Waals surface area contributed by atoms with E-state index in [-0.39, 0.29) is 11.3 Å². The summed E-state index contributed by atoms with van der Waals surface area (Å²) in [5, 5.41) is 8.65. The maximum Gasteiger partial charge on any atom is 0.316 e. The molecule has 3 amide bonds. The number of primary amides is 1. The molecule has 0 bridgehead atoms. The van der Waals surface area contributed by atoms with Crippen LogP contribution in [0.1, 0.15) is 19.8 Å². The molecule has 1 heterocycles. The van der Waals surface area contributed by atoms with Crippen molar-refractivity contribution in [2.24, 2.45) is 11.1 Å². The van der Waals surface area contributed by atoms with E-state index in [2.05, 4.69) is 16.0 Å². The lowest BCUT2D eigenvalue weighted by Gasteiger charge is -2.32. The van der Waals surface area contributed by atoms with Gasteiger partial charge in [-0.1, -0.05) is 6.92 Å². The van der Waals surface area contributed by atoms with E-state index >= 15 is 0 Å². The average molecular weight is 276 g/mol. The van der Waals surface area contributed by atoms with Gasteiger partial charge in [0.1, 0.15) is 0 Å². The molecule has 1 saturated heterocycles. The normalized spacial score (nSPS) is 17.2. The molecule has 0 spiro atoms. The van der Waals surface area contributed by atoms with Crippen molar-refractivity contribution >= 4 is 23.3 Å². The predicted molar refractivity (Wildman–Crippen MR) is 78.5 cm³/mol. The molecule has 0 radical (unpaired) electrons. The number of nitrogens with one attached hydrogen (secondary N) is 3. The third-order valence-electron chi connectivity index (χ3n) is 3.67. The van der Waals surface area contributed by atoms with Crippen molar-refractivity contribution in [1.82, 2.24) is 5.32 Å². The van der Waals surface area contributed by atoms with Crippen molar-refractivity contribution in [3.8, 4) is 0 Å². The summed E-state index contributed by atoms with van der Waals surface area (Å²) in [7, 11) is 0. The van der Waals surface area contributed by atoms with Crippen LogP contribution in [0.2, 0.25) is 0 Å². The highest BCUT2D eigenvalue weighted by Crippen LogP contribution is 2.29. The smallest absolute Gasteiger partial charge is 0.316 e. The largest absolute Gasteiger partial charge is 0.351 e. The van der Waals surface area contributed by atoms with Crippen molar-refractivity contribution in [1.29, 1.82) is 0 Å². The number of hydrogen-bond donors (Lipinski definition) is 4. The number of hydrogen-bond acceptors (Lipinski definition) is 3. The minimum atomic E-state index is -0.607. The number of piperidine rings is 1. The molecule has 6 nitrogen and oxygen atoms in total. The molecular formula is C14H20N4O2. The minimum absolute atomic E-state index is 0.0367. The Hall–Kier alpha value is -2.08. The first-order chi connectivity index (χ1) is 9.49. The standard InChI is InChI=1S/C14H20N4O2/c1-14(6-8-16-9-7-14)12(19)17-10-2-4-11(5-3-10)18-13(15)20/h2-5,16H,6-9H2,1H3,(H,17,19)(H3,15,18,20). The van der Waals surface area contributed by atoms with Crippen molar-refractivity contribution in [3.63, 3.8) is 0 Å². The van der Waals surface area contributed by atoms with Crippen LogP contribution in [-0.4, -0.2) is 25.0 Å².